The molecule has 0 amide bonds. The van der Waals surface area contributed by atoms with Gasteiger partial charge in [-0.25, -0.2) is 18.5 Å². The highest BCUT2D eigenvalue weighted by Crippen LogP contribution is 2.36. The summed E-state index contributed by atoms with van der Waals surface area (Å²) in [5, 5.41) is 19.9. The fourth-order valence-electron chi connectivity index (χ4n) is 3.29. The number of hydrogen-bond acceptors (Lipinski definition) is 7. The Kier molecular flexibility index (Phi) is 5.29. The van der Waals surface area contributed by atoms with Crippen LogP contribution in [0.5, 0.6) is 0 Å². The van der Waals surface area contributed by atoms with Crippen molar-refractivity contribution in [2.75, 3.05) is 29.9 Å². The second-order valence-corrected chi connectivity index (χ2v) is 8.10. The molecule has 0 bridgehead atoms. The van der Waals surface area contributed by atoms with Crippen molar-refractivity contribution in [1.82, 2.24) is 4.98 Å². The zero-order valence-corrected chi connectivity index (χ0v) is 15.6. The fourth-order valence-corrected chi connectivity index (χ4v) is 4.00. The number of nitrogens with two attached hydrogens (primary N) is 1. The van der Waals surface area contributed by atoms with E-state index in [-0.39, 0.29) is 11.6 Å². The van der Waals surface area contributed by atoms with Crippen molar-refractivity contribution < 1.29 is 13.3 Å². The van der Waals surface area contributed by atoms with E-state index in [9.17, 15) is 18.5 Å². The van der Waals surface area contributed by atoms with Crippen molar-refractivity contribution in [2.24, 2.45) is 11.1 Å². The maximum absolute atomic E-state index is 11.7. The quantitative estimate of drug-likeness (QED) is 0.567. The molecule has 0 saturated carbocycles. The molecule has 0 spiro atoms. The Morgan fingerprint density at radius 3 is 2.74 bits per heavy atom. The van der Waals surface area contributed by atoms with Gasteiger partial charge in [-0.1, -0.05) is 12.1 Å². The van der Waals surface area contributed by atoms with Crippen molar-refractivity contribution in [2.45, 2.75) is 18.2 Å². The zero-order chi connectivity index (χ0) is 19.6. The summed E-state index contributed by atoms with van der Waals surface area (Å²) in [5.74, 6) is 1.04. The number of nitrogens with zero attached hydrogens (tertiary/aromatic N) is 3. The molecular formula is C17H21N5O4S. The van der Waals surface area contributed by atoms with Gasteiger partial charge in [0.15, 0.2) is 4.90 Å². The third-order valence-corrected chi connectivity index (χ3v) is 5.50. The van der Waals surface area contributed by atoms with E-state index in [4.69, 9.17) is 5.14 Å². The standard InChI is InChI=1S/C17H21N5O4S/c1-12-4-2-7-16(20-12)19-10-13-8-9-21(11-13)14-5-3-6-15(27(18,25)26)17(14)22(23)24/h2-7,13H,8-11H2,1H3,(H,19,20)(H2,18,25,26). The molecule has 1 fully saturated rings. The van der Waals surface area contributed by atoms with Crippen LogP contribution in [0.4, 0.5) is 17.2 Å². The van der Waals surface area contributed by atoms with Gasteiger partial charge in [-0.05, 0) is 43.5 Å². The van der Waals surface area contributed by atoms with Crippen molar-refractivity contribution in [1.29, 1.82) is 0 Å². The van der Waals surface area contributed by atoms with Crippen LogP contribution in [-0.4, -0.2) is 38.0 Å². The molecule has 3 rings (SSSR count). The number of primary sulfonamides is 1. The summed E-state index contributed by atoms with van der Waals surface area (Å²) in [7, 11) is -4.18. The number of anilines is 2. The number of sulfonamides is 1. The topological polar surface area (TPSA) is 131 Å². The Balaban J connectivity index is 1.76. The zero-order valence-electron chi connectivity index (χ0n) is 14.8. The summed E-state index contributed by atoms with van der Waals surface area (Å²) in [6, 6.07) is 9.93. The number of para-hydroxylation sites is 1. The SMILES string of the molecule is Cc1cccc(NCC2CCN(c3cccc(S(N)(=O)=O)c3[N+](=O)[O-])C2)n1. The van der Waals surface area contributed by atoms with E-state index in [0.29, 0.717) is 19.6 Å². The van der Waals surface area contributed by atoms with E-state index in [1.54, 1.807) is 6.07 Å². The lowest BCUT2D eigenvalue weighted by Crippen LogP contribution is -2.24. The van der Waals surface area contributed by atoms with E-state index in [0.717, 1.165) is 24.0 Å². The van der Waals surface area contributed by atoms with Crippen LogP contribution in [0.1, 0.15) is 12.1 Å². The van der Waals surface area contributed by atoms with Gasteiger partial charge in [0.2, 0.25) is 10.0 Å². The highest BCUT2D eigenvalue weighted by atomic mass is 32.2. The molecule has 1 saturated heterocycles. The maximum Gasteiger partial charge on any atom is 0.312 e. The lowest BCUT2D eigenvalue weighted by Gasteiger charge is -2.19. The fraction of sp³-hybridized carbons (Fsp3) is 0.353. The Labute approximate surface area is 157 Å². The molecule has 0 aliphatic carbocycles. The Morgan fingerprint density at radius 1 is 1.33 bits per heavy atom. The molecule has 2 aromatic rings. The van der Waals surface area contributed by atoms with Gasteiger partial charge in [0.1, 0.15) is 11.5 Å². The Morgan fingerprint density at radius 2 is 2.07 bits per heavy atom. The lowest BCUT2D eigenvalue weighted by atomic mass is 10.1. The molecule has 1 aliphatic rings. The first kappa shape index (κ1) is 19.1. The number of nitro groups is 1. The number of aryl methyl sites for hydroxylation is 1. The molecule has 1 aromatic heterocycles. The van der Waals surface area contributed by atoms with Crippen LogP contribution in [0.2, 0.25) is 0 Å². The summed E-state index contributed by atoms with van der Waals surface area (Å²) < 4.78 is 23.4. The molecule has 1 unspecified atom stereocenters. The maximum atomic E-state index is 11.7. The molecule has 9 nitrogen and oxygen atoms in total. The van der Waals surface area contributed by atoms with E-state index in [2.05, 4.69) is 10.3 Å². The summed E-state index contributed by atoms with van der Waals surface area (Å²) in [5.41, 5.74) is 0.736. The van der Waals surface area contributed by atoms with E-state index < -0.39 is 25.5 Å². The van der Waals surface area contributed by atoms with Crippen molar-refractivity contribution >= 4 is 27.2 Å². The first-order valence-electron chi connectivity index (χ1n) is 8.48. The van der Waals surface area contributed by atoms with Gasteiger partial charge >= 0.3 is 5.69 Å². The van der Waals surface area contributed by atoms with Crippen LogP contribution in [0.15, 0.2) is 41.3 Å². The average molecular weight is 391 g/mol. The van der Waals surface area contributed by atoms with Crippen LogP contribution < -0.4 is 15.4 Å². The van der Waals surface area contributed by atoms with Gasteiger partial charge in [0, 0.05) is 25.3 Å². The Bertz CT molecular complexity index is 964. The van der Waals surface area contributed by atoms with Crippen LogP contribution in [-0.2, 0) is 10.0 Å². The number of benzene rings is 1. The monoisotopic (exact) mass is 391 g/mol. The van der Waals surface area contributed by atoms with Crippen molar-refractivity contribution in [3.8, 4) is 0 Å². The van der Waals surface area contributed by atoms with Crippen LogP contribution >= 0.6 is 0 Å². The van der Waals surface area contributed by atoms with E-state index in [1.165, 1.54) is 6.07 Å². The number of nitrogens with one attached hydrogen (secondary N) is 1. The molecule has 1 atom stereocenters. The van der Waals surface area contributed by atoms with Gasteiger partial charge in [-0.15, -0.1) is 0 Å². The van der Waals surface area contributed by atoms with Gasteiger partial charge < -0.3 is 10.2 Å². The number of hydrogen-bond donors (Lipinski definition) is 2. The summed E-state index contributed by atoms with van der Waals surface area (Å²) >= 11 is 0. The molecule has 2 heterocycles. The number of pyridine rings is 1. The number of nitro benzene ring substituents is 1. The Hall–Kier alpha value is -2.72. The minimum atomic E-state index is -4.18. The largest absolute Gasteiger partial charge is 0.370 e. The van der Waals surface area contributed by atoms with Gasteiger partial charge in [-0.2, -0.15) is 0 Å². The van der Waals surface area contributed by atoms with Gasteiger partial charge in [0.25, 0.3) is 0 Å². The highest BCUT2D eigenvalue weighted by Gasteiger charge is 2.32. The predicted molar refractivity (Wildman–Crippen MR) is 102 cm³/mol. The highest BCUT2D eigenvalue weighted by molar-refractivity contribution is 7.89. The smallest absolute Gasteiger partial charge is 0.312 e. The minimum absolute atomic E-state index is 0.255. The molecule has 1 aliphatic heterocycles. The number of rotatable bonds is 6. The van der Waals surface area contributed by atoms with Gasteiger partial charge in [0.05, 0.1) is 4.92 Å². The molecule has 10 heteroatoms. The van der Waals surface area contributed by atoms with Crippen LogP contribution in [0.25, 0.3) is 0 Å². The lowest BCUT2D eigenvalue weighted by molar-refractivity contribution is -0.387. The minimum Gasteiger partial charge on any atom is -0.370 e. The average Bonchev–Trinajstić information content (AvgIpc) is 3.07. The second-order valence-electron chi connectivity index (χ2n) is 6.57. The van der Waals surface area contributed by atoms with E-state index in [1.807, 2.05) is 30.0 Å². The first-order valence-corrected chi connectivity index (χ1v) is 10.0. The molecule has 3 N–H and O–H groups in total. The normalized spacial score (nSPS) is 17.1. The summed E-state index contributed by atoms with van der Waals surface area (Å²) in [6.45, 7) is 3.77. The van der Waals surface area contributed by atoms with Crippen LogP contribution in [0, 0.1) is 23.0 Å². The number of aromatic nitrogens is 1. The third kappa shape index (κ3) is 4.34. The second kappa shape index (κ2) is 7.49. The van der Waals surface area contributed by atoms with E-state index >= 15 is 0 Å². The molecule has 144 valence electrons. The van der Waals surface area contributed by atoms with Crippen molar-refractivity contribution in [3.05, 3.63) is 52.2 Å². The molecule has 0 radical (unpaired) electrons. The third-order valence-electron chi connectivity index (χ3n) is 4.55. The predicted octanol–water partition coefficient (Wildman–Crippen LogP) is 1.88. The van der Waals surface area contributed by atoms with Crippen molar-refractivity contribution in [3.63, 3.8) is 0 Å². The molecule has 1 aromatic carbocycles. The molecular weight excluding hydrogens is 370 g/mol. The van der Waals surface area contributed by atoms with Gasteiger partial charge in [-0.3, -0.25) is 10.1 Å². The van der Waals surface area contributed by atoms with Crippen LogP contribution in [0.3, 0.4) is 0 Å². The molecule has 27 heavy (non-hydrogen) atoms. The summed E-state index contributed by atoms with van der Waals surface area (Å²) in [6.07, 6.45) is 0.829. The summed E-state index contributed by atoms with van der Waals surface area (Å²) in [4.78, 5) is 16.6. The first-order chi connectivity index (χ1) is 12.8.